The molecule has 0 spiro atoms. The third kappa shape index (κ3) is 5.49. The summed E-state index contributed by atoms with van der Waals surface area (Å²) in [6.45, 7) is 2.03. The molecule has 0 heterocycles. The van der Waals surface area contributed by atoms with Gasteiger partial charge in [-0.05, 0) is 12.0 Å². The second kappa shape index (κ2) is 7.49. The maximum absolute atomic E-state index is 11.1. The smallest absolute Gasteiger partial charge is 0.235 e. The Morgan fingerprint density at radius 3 is 2.67 bits per heavy atom. The van der Waals surface area contributed by atoms with E-state index in [-0.39, 0.29) is 5.91 Å². The summed E-state index contributed by atoms with van der Waals surface area (Å²) in [4.78, 5) is 15.0. The number of hydrogen-bond acceptors (Lipinski definition) is 4. The highest BCUT2D eigenvalue weighted by atomic mass is 32.2. The van der Waals surface area contributed by atoms with Crippen LogP contribution in [0.15, 0.2) is 4.99 Å². The summed E-state index contributed by atoms with van der Waals surface area (Å²) in [5.74, 6) is 1.50. The lowest BCUT2D eigenvalue weighted by Gasteiger charge is -2.03. The summed E-state index contributed by atoms with van der Waals surface area (Å²) in [6, 6.07) is 0. The Bertz CT molecular complexity index is 171. The largest absolute Gasteiger partial charge is 0.305 e. The van der Waals surface area contributed by atoms with E-state index in [0.717, 1.165) is 5.75 Å². The molecule has 70 valence electrons. The quantitative estimate of drug-likeness (QED) is 0.557. The van der Waals surface area contributed by atoms with E-state index in [4.69, 9.17) is 0 Å². The van der Waals surface area contributed by atoms with Crippen molar-refractivity contribution in [3.8, 4) is 0 Å². The van der Waals surface area contributed by atoms with Gasteiger partial charge in [-0.2, -0.15) is 11.8 Å². The van der Waals surface area contributed by atoms with Crippen LogP contribution in [-0.2, 0) is 4.79 Å². The molecule has 12 heavy (non-hydrogen) atoms. The molecule has 5 heteroatoms. The zero-order chi connectivity index (χ0) is 9.40. The van der Waals surface area contributed by atoms with E-state index in [1.165, 1.54) is 11.8 Å². The van der Waals surface area contributed by atoms with Crippen molar-refractivity contribution in [1.29, 1.82) is 0 Å². The van der Waals surface area contributed by atoms with Gasteiger partial charge in [0.2, 0.25) is 5.91 Å². The Kier molecular flexibility index (Phi) is 7.39. The number of thioether (sulfide) groups is 2. The van der Waals surface area contributed by atoms with E-state index < -0.39 is 0 Å². The lowest BCUT2D eigenvalue weighted by atomic mass is 10.7. The van der Waals surface area contributed by atoms with Crippen molar-refractivity contribution in [2.75, 3.05) is 24.8 Å². The van der Waals surface area contributed by atoms with Crippen molar-refractivity contribution < 1.29 is 4.79 Å². The maximum atomic E-state index is 11.1. The van der Waals surface area contributed by atoms with E-state index >= 15 is 0 Å². The van der Waals surface area contributed by atoms with Crippen LogP contribution in [0.5, 0.6) is 0 Å². The van der Waals surface area contributed by atoms with Crippen LogP contribution in [0.3, 0.4) is 0 Å². The number of rotatable bonds is 3. The summed E-state index contributed by atoms with van der Waals surface area (Å²) in [6.07, 6.45) is 1.88. The molecule has 0 aromatic heterocycles. The molecule has 0 rings (SSSR count). The van der Waals surface area contributed by atoms with E-state index in [0.29, 0.717) is 10.9 Å². The molecule has 0 radical (unpaired) electrons. The second-order valence-corrected chi connectivity index (χ2v) is 3.99. The first-order valence-electron chi connectivity index (χ1n) is 3.63. The highest BCUT2D eigenvalue weighted by Crippen LogP contribution is 1.98. The van der Waals surface area contributed by atoms with Crippen molar-refractivity contribution >= 4 is 34.6 Å². The Morgan fingerprint density at radius 1 is 1.58 bits per heavy atom. The first-order chi connectivity index (χ1) is 5.74. The standard InChI is InChI=1S/C7H14N2OS2/c1-4-12-5-6(10)9-7(8-2)11-3/h4-5H2,1-3H3,(H,8,9,10). The molecular weight excluding hydrogens is 192 g/mol. The summed E-state index contributed by atoms with van der Waals surface area (Å²) in [5.41, 5.74) is 0. The van der Waals surface area contributed by atoms with E-state index in [9.17, 15) is 4.79 Å². The Hall–Kier alpha value is -0.160. The van der Waals surface area contributed by atoms with Gasteiger partial charge < -0.3 is 5.32 Å². The predicted octanol–water partition coefficient (Wildman–Crippen LogP) is 1.20. The molecule has 0 saturated heterocycles. The number of carbonyl (C=O) groups is 1. The van der Waals surface area contributed by atoms with Gasteiger partial charge in [0.15, 0.2) is 5.17 Å². The molecule has 0 saturated carbocycles. The van der Waals surface area contributed by atoms with E-state index in [1.807, 2.05) is 13.2 Å². The van der Waals surface area contributed by atoms with Gasteiger partial charge in [0.05, 0.1) is 5.75 Å². The lowest BCUT2D eigenvalue weighted by Crippen LogP contribution is -2.29. The summed E-state index contributed by atoms with van der Waals surface area (Å²) in [7, 11) is 1.67. The molecule has 1 N–H and O–H groups in total. The minimum atomic E-state index is 0.0248. The number of nitrogens with zero attached hydrogens (tertiary/aromatic N) is 1. The molecule has 0 fully saturated rings. The van der Waals surface area contributed by atoms with Crippen LogP contribution in [-0.4, -0.2) is 35.9 Å². The average molecular weight is 206 g/mol. The van der Waals surface area contributed by atoms with Gasteiger partial charge in [0.25, 0.3) is 0 Å². The third-order valence-electron chi connectivity index (χ3n) is 1.08. The van der Waals surface area contributed by atoms with E-state index in [1.54, 1.807) is 18.8 Å². The Morgan fingerprint density at radius 2 is 2.25 bits per heavy atom. The summed E-state index contributed by atoms with van der Waals surface area (Å²) >= 11 is 3.04. The highest BCUT2D eigenvalue weighted by Gasteiger charge is 2.02. The van der Waals surface area contributed by atoms with Gasteiger partial charge in [-0.1, -0.05) is 18.7 Å². The molecule has 0 atom stereocenters. The monoisotopic (exact) mass is 206 g/mol. The van der Waals surface area contributed by atoms with Gasteiger partial charge in [0.1, 0.15) is 0 Å². The second-order valence-electron chi connectivity index (χ2n) is 1.92. The zero-order valence-corrected chi connectivity index (χ0v) is 9.22. The van der Waals surface area contributed by atoms with Crippen molar-refractivity contribution in [1.82, 2.24) is 5.32 Å². The summed E-state index contributed by atoms with van der Waals surface area (Å²) < 4.78 is 0. The fourth-order valence-electron chi connectivity index (χ4n) is 0.548. The van der Waals surface area contributed by atoms with Crippen LogP contribution in [0, 0.1) is 0 Å². The number of carbonyl (C=O) groups excluding carboxylic acids is 1. The molecule has 0 aliphatic rings. The molecule has 0 aliphatic heterocycles. The van der Waals surface area contributed by atoms with Crippen molar-refractivity contribution in [2.24, 2.45) is 4.99 Å². The predicted molar refractivity (Wildman–Crippen MR) is 58.0 cm³/mol. The fraction of sp³-hybridized carbons (Fsp3) is 0.714. The highest BCUT2D eigenvalue weighted by molar-refractivity contribution is 8.13. The van der Waals surface area contributed by atoms with Crippen LogP contribution < -0.4 is 5.32 Å². The van der Waals surface area contributed by atoms with Crippen LogP contribution >= 0.6 is 23.5 Å². The number of nitrogens with one attached hydrogen (secondary N) is 1. The van der Waals surface area contributed by atoms with Crippen LogP contribution in [0.4, 0.5) is 0 Å². The number of aliphatic imine (C=N–C) groups is 1. The number of amidine groups is 1. The maximum Gasteiger partial charge on any atom is 0.235 e. The molecule has 0 aliphatic carbocycles. The number of hydrogen-bond donors (Lipinski definition) is 1. The van der Waals surface area contributed by atoms with Crippen LogP contribution in [0.1, 0.15) is 6.92 Å². The minimum absolute atomic E-state index is 0.0248. The SMILES string of the molecule is CCSCC(=O)NC(=NC)SC. The molecule has 0 unspecified atom stereocenters. The Labute approximate surface area is 81.8 Å². The first-order valence-corrected chi connectivity index (χ1v) is 6.00. The Balaban J connectivity index is 3.67. The average Bonchev–Trinajstić information content (AvgIpc) is 2.10. The third-order valence-corrected chi connectivity index (χ3v) is 2.63. The van der Waals surface area contributed by atoms with Crippen LogP contribution in [0.25, 0.3) is 0 Å². The van der Waals surface area contributed by atoms with E-state index in [2.05, 4.69) is 10.3 Å². The van der Waals surface area contributed by atoms with Gasteiger partial charge in [-0.15, -0.1) is 0 Å². The van der Waals surface area contributed by atoms with Gasteiger partial charge in [-0.3, -0.25) is 9.79 Å². The fourth-order valence-corrected chi connectivity index (χ4v) is 1.41. The molecule has 3 nitrogen and oxygen atoms in total. The summed E-state index contributed by atoms with van der Waals surface area (Å²) in [5, 5.41) is 3.38. The first kappa shape index (κ1) is 11.8. The van der Waals surface area contributed by atoms with Gasteiger partial charge in [-0.25, -0.2) is 0 Å². The molecule has 0 aromatic carbocycles. The van der Waals surface area contributed by atoms with Gasteiger partial charge >= 0.3 is 0 Å². The molecular formula is C7H14N2OS2. The zero-order valence-electron chi connectivity index (χ0n) is 7.59. The lowest BCUT2D eigenvalue weighted by molar-refractivity contribution is -0.117. The van der Waals surface area contributed by atoms with Crippen LogP contribution in [0.2, 0.25) is 0 Å². The molecule has 1 amide bonds. The normalized spacial score (nSPS) is 11.4. The molecule has 0 aromatic rings. The number of amides is 1. The van der Waals surface area contributed by atoms with Crippen molar-refractivity contribution in [3.63, 3.8) is 0 Å². The molecule has 0 bridgehead atoms. The van der Waals surface area contributed by atoms with Crippen molar-refractivity contribution in [2.45, 2.75) is 6.92 Å². The van der Waals surface area contributed by atoms with Gasteiger partial charge in [0, 0.05) is 7.05 Å². The van der Waals surface area contributed by atoms with Crippen molar-refractivity contribution in [3.05, 3.63) is 0 Å². The topological polar surface area (TPSA) is 41.5 Å². The minimum Gasteiger partial charge on any atom is -0.305 e.